The highest BCUT2D eigenvalue weighted by Gasteiger charge is 2.09. The number of hydrogen-bond donors (Lipinski definition) is 0. The van der Waals surface area contributed by atoms with Crippen LogP contribution in [0.2, 0.25) is 0 Å². The lowest BCUT2D eigenvalue weighted by Gasteiger charge is -2.11. The number of rotatable bonds is 6. The van der Waals surface area contributed by atoms with Crippen LogP contribution >= 0.6 is 0 Å². The Balaban J connectivity index is 2.13. The largest absolute Gasteiger partial charge is 0.496 e. The van der Waals surface area contributed by atoms with Crippen LogP contribution in [0, 0.1) is 0 Å². The van der Waals surface area contributed by atoms with Crippen LogP contribution in [0.25, 0.3) is 6.08 Å². The van der Waals surface area contributed by atoms with Crippen molar-refractivity contribution < 1.29 is 14.3 Å². The zero-order valence-electron chi connectivity index (χ0n) is 11.3. The highest BCUT2D eigenvalue weighted by Crippen LogP contribution is 2.27. The number of ether oxygens (including phenoxy) is 2. The maximum absolute atomic E-state index is 11.1. The average Bonchev–Trinajstić information content (AvgIpc) is 2.52. The fourth-order valence-corrected chi connectivity index (χ4v) is 1.85. The lowest BCUT2D eigenvalue weighted by molar-refractivity contribution is 0.111. The summed E-state index contributed by atoms with van der Waals surface area (Å²) in [5.74, 6) is 1.03. The van der Waals surface area contributed by atoms with Crippen molar-refractivity contribution in [1.82, 2.24) is 0 Å². The molecule has 2 aromatic rings. The van der Waals surface area contributed by atoms with Crippen LogP contribution in [0.3, 0.4) is 0 Å². The summed E-state index contributed by atoms with van der Waals surface area (Å²) >= 11 is 0. The van der Waals surface area contributed by atoms with E-state index in [0.717, 1.165) is 17.4 Å². The number of methoxy groups -OCH3 is 1. The Labute approximate surface area is 118 Å². The lowest BCUT2D eigenvalue weighted by atomic mass is 10.1. The van der Waals surface area contributed by atoms with Gasteiger partial charge in [0.15, 0.2) is 6.29 Å². The van der Waals surface area contributed by atoms with Gasteiger partial charge in [-0.2, -0.15) is 0 Å². The molecule has 2 aromatic carbocycles. The van der Waals surface area contributed by atoms with E-state index in [1.165, 1.54) is 7.11 Å². The zero-order chi connectivity index (χ0) is 14.4. The van der Waals surface area contributed by atoms with Gasteiger partial charge in [-0.1, -0.05) is 43.0 Å². The molecular weight excluding hydrogens is 252 g/mol. The molecule has 0 atom stereocenters. The van der Waals surface area contributed by atoms with E-state index >= 15 is 0 Å². The van der Waals surface area contributed by atoms with E-state index < -0.39 is 0 Å². The summed E-state index contributed by atoms with van der Waals surface area (Å²) in [5, 5.41) is 0. The Kier molecular flexibility index (Phi) is 4.56. The van der Waals surface area contributed by atoms with Crippen LogP contribution < -0.4 is 9.47 Å². The summed E-state index contributed by atoms with van der Waals surface area (Å²) in [6, 6.07) is 13.2. The SMILES string of the molecule is C=Cc1ccc(COc2cccc(OC)c2C=O)cc1. The summed E-state index contributed by atoms with van der Waals surface area (Å²) < 4.78 is 10.8. The van der Waals surface area contributed by atoms with E-state index in [-0.39, 0.29) is 0 Å². The van der Waals surface area contributed by atoms with Crippen LogP contribution in [0.5, 0.6) is 11.5 Å². The molecule has 0 N–H and O–H groups in total. The van der Waals surface area contributed by atoms with E-state index in [1.54, 1.807) is 24.3 Å². The van der Waals surface area contributed by atoms with Crippen molar-refractivity contribution in [3.8, 4) is 11.5 Å². The van der Waals surface area contributed by atoms with Gasteiger partial charge in [0.05, 0.1) is 12.7 Å². The Bertz CT molecular complexity index is 600. The summed E-state index contributed by atoms with van der Waals surface area (Å²) in [6.45, 7) is 4.11. The first-order valence-electron chi connectivity index (χ1n) is 6.25. The van der Waals surface area contributed by atoms with Crippen LogP contribution in [0.1, 0.15) is 21.5 Å². The second-order valence-corrected chi connectivity index (χ2v) is 4.22. The van der Waals surface area contributed by atoms with Crippen molar-refractivity contribution in [2.45, 2.75) is 6.61 Å². The molecule has 0 amide bonds. The highest BCUT2D eigenvalue weighted by molar-refractivity contribution is 5.83. The Morgan fingerprint density at radius 2 is 1.80 bits per heavy atom. The number of hydrogen-bond acceptors (Lipinski definition) is 3. The highest BCUT2D eigenvalue weighted by atomic mass is 16.5. The quantitative estimate of drug-likeness (QED) is 0.749. The van der Waals surface area contributed by atoms with Gasteiger partial charge in [-0.15, -0.1) is 0 Å². The Hall–Kier alpha value is -2.55. The molecule has 0 saturated carbocycles. The third kappa shape index (κ3) is 3.06. The number of carbonyl (C=O) groups is 1. The summed E-state index contributed by atoms with van der Waals surface area (Å²) in [5.41, 5.74) is 2.51. The van der Waals surface area contributed by atoms with Gasteiger partial charge in [-0.3, -0.25) is 4.79 Å². The predicted octanol–water partition coefficient (Wildman–Crippen LogP) is 3.73. The minimum absolute atomic E-state index is 0.394. The molecule has 0 aliphatic heterocycles. The van der Waals surface area contributed by atoms with Gasteiger partial charge in [-0.05, 0) is 23.3 Å². The van der Waals surface area contributed by atoms with Gasteiger partial charge in [0, 0.05) is 0 Å². The summed E-state index contributed by atoms with van der Waals surface area (Å²) in [4.78, 5) is 11.1. The van der Waals surface area contributed by atoms with Gasteiger partial charge in [0.25, 0.3) is 0 Å². The molecule has 0 fully saturated rings. The third-order valence-electron chi connectivity index (χ3n) is 2.97. The first-order chi connectivity index (χ1) is 9.78. The molecule has 0 bridgehead atoms. The molecule has 102 valence electrons. The molecule has 3 heteroatoms. The van der Waals surface area contributed by atoms with Crippen LogP contribution in [-0.2, 0) is 6.61 Å². The van der Waals surface area contributed by atoms with Gasteiger partial charge < -0.3 is 9.47 Å². The minimum Gasteiger partial charge on any atom is -0.496 e. The number of aldehydes is 1. The second kappa shape index (κ2) is 6.57. The average molecular weight is 268 g/mol. The Morgan fingerprint density at radius 1 is 1.10 bits per heavy atom. The smallest absolute Gasteiger partial charge is 0.157 e. The number of benzene rings is 2. The molecule has 0 heterocycles. The second-order valence-electron chi connectivity index (χ2n) is 4.22. The minimum atomic E-state index is 0.394. The van der Waals surface area contributed by atoms with Gasteiger partial charge in [-0.25, -0.2) is 0 Å². The van der Waals surface area contributed by atoms with Crippen molar-refractivity contribution in [3.05, 3.63) is 65.7 Å². The van der Waals surface area contributed by atoms with Crippen molar-refractivity contribution in [2.75, 3.05) is 7.11 Å². The van der Waals surface area contributed by atoms with E-state index in [2.05, 4.69) is 6.58 Å². The molecule has 0 spiro atoms. The fourth-order valence-electron chi connectivity index (χ4n) is 1.85. The first kappa shape index (κ1) is 13.9. The molecule has 0 aromatic heterocycles. The molecule has 20 heavy (non-hydrogen) atoms. The maximum atomic E-state index is 11.1. The number of carbonyl (C=O) groups excluding carboxylic acids is 1. The topological polar surface area (TPSA) is 35.5 Å². The van der Waals surface area contributed by atoms with Crippen molar-refractivity contribution in [3.63, 3.8) is 0 Å². The first-order valence-corrected chi connectivity index (χ1v) is 6.25. The van der Waals surface area contributed by atoms with Crippen LogP contribution in [0.15, 0.2) is 49.0 Å². The van der Waals surface area contributed by atoms with E-state index in [4.69, 9.17) is 9.47 Å². The molecule has 0 radical (unpaired) electrons. The normalized spacial score (nSPS) is 9.85. The standard InChI is InChI=1S/C17H16O3/c1-3-13-7-9-14(10-8-13)12-20-17-6-4-5-16(19-2)15(17)11-18/h3-11H,1,12H2,2H3. The van der Waals surface area contributed by atoms with E-state index in [0.29, 0.717) is 23.7 Å². The monoisotopic (exact) mass is 268 g/mol. The molecule has 0 aliphatic carbocycles. The molecule has 0 aliphatic rings. The van der Waals surface area contributed by atoms with Crippen molar-refractivity contribution in [1.29, 1.82) is 0 Å². The molecule has 0 unspecified atom stereocenters. The molecule has 2 rings (SSSR count). The summed E-state index contributed by atoms with van der Waals surface area (Å²) in [6.07, 6.45) is 2.53. The zero-order valence-corrected chi connectivity index (χ0v) is 11.3. The predicted molar refractivity (Wildman–Crippen MR) is 79.2 cm³/mol. The molecular formula is C17H16O3. The van der Waals surface area contributed by atoms with Crippen LogP contribution in [0.4, 0.5) is 0 Å². The van der Waals surface area contributed by atoms with Crippen molar-refractivity contribution >= 4 is 12.4 Å². The van der Waals surface area contributed by atoms with Crippen LogP contribution in [-0.4, -0.2) is 13.4 Å². The van der Waals surface area contributed by atoms with E-state index in [9.17, 15) is 4.79 Å². The third-order valence-corrected chi connectivity index (χ3v) is 2.97. The van der Waals surface area contributed by atoms with Gasteiger partial charge >= 0.3 is 0 Å². The maximum Gasteiger partial charge on any atom is 0.157 e. The molecule has 0 saturated heterocycles. The van der Waals surface area contributed by atoms with Crippen molar-refractivity contribution in [2.24, 2.45) is 0 Å². The van der Waals surface area contributed by atoms with Gasteiger partial charge in [0.1, 0.15) is 18.1 Å². The lowest BCUT2D eigenvalue weighted by Crippen LogP contribution is -2.00. The van der Waals surface area contributed by atoms with Gasteiger partial charge in [0.2, 0.25) is 0 Å². The summed E-state index contributed by atoms with van der Waals surface area (Å²) in [7, 11) is 1.53. The molecule has 3 nitrogen and oxygen atoms in total. The fraction of sp³-hybridized carbons (Fsp3) is 0.118. The Morgan fingerprint density at radius 3 is 2.40 bits per heavy atom. The van der Waals surface area contributed by atoms with E-state index in [1.807, 2.05) is 24.3 Å².